The molecule has 1 heterocycles. The molecule has 0 N–H and O–H groups in total. The predicted molar refractivity (Wildman–Crippen MR) is 259 cm³/mol. The van der Waals surface area contributed by atoms with Gasteiger partial charge in [0.05, 0.1) is 65.5 Å². The minimum Gasteiger partial charge on any atom is -0.766 e. The van der Waals surface area contributed by atoms with Gasteiger partial charge in [-0.25, -0.2) is 0 Å². The number of amides is 2. The molecule has 0 spiro atoms. The van der Waals surface area contributed by atoms with Gasteiger partial charge >= 0.3 is 23.9 Å². The molecule has 4 aromatic carbocycles. The first-order chi connectivity index (χ1) is 33.8. The van der Waals surface area contributed by atoms with Crippen molar-refractivity contribution in [1.29, 1.82) is 0 Å². The number of hydrogen-bond acceptors (Lipinski definition) is 14. The SMILES string of the molecule is COc1ccc(C(=O)[N-][N-]C(=O)c2ccc(OC(=O)C3CCC(C(=O)OCCc4ccc(OC(=O)C5CCC(C(=O)Oc6ccc(OC)cc6/C=C/C(=O)c6ccc(Cl)s6)CC5)cc4)CC3)cc2)cc1.[Pt].[Pt]. The largest absolute Gasteiger partial charge is 0.766 e. The summed E-state index contributed by atoms with van der Waals surface area (Å²) >= 11 is 7.15. The Balaban J connectivity index is 0.00000481. The molecule has 7 rings (SSSR count). The van der Waals surface area contributed by atoms with Crippen molar-refractivity contribution in [2.24, 2.45) is 23.7 Å². The quantitative estimate of drug-likeness (QED) is 0.0280. The van der Waals surface area contributed by atoms with Crippen LogP contribution in [-0.2, 0) is 72.5 Å². The van der Waals surface area contributed by atoms with Crippen LogP contribution < -0.4 is 23.7 Å². The van der Waals surface area contributed by atoms with Crippen LogP contribution in [0.1, 0.15) is 92.9 Å². The van der Waals surface area contributed by atoms with E-state index in [9.17, 15) is 33.6 Å². The fourth-order valence-electron chi connectivity index (χ4n) is 8.01. The molecular formula is C53H49ClN2O13Pt2S-2. The zero-order chi connectivity index (χ0) is 49.6. The number of benzene rings is 4. The molecule has 2 saturated carbocycles. The van der Waals surface area contributed by atoms with E-state index in [0.29, 0.717) is 89.8 Å². The maximum absolute atomic E-state index is 13.3. The molecule has 0 unspecified atom stereocenters. The molecule has 0 atom stereocenters. The van der Waals surface area contributed by atoms with Gasteiger partial charge in [0.2, 0.25) is 0 Å². The van der Waals surface area contributed by atoms with Crippen LogP contribution in [0.4, 0.5) is 0 Å². The Morgan fingerprint density at radius 3 is 1.47 bits per heavy atom. The maximum Gasteiger partial charge on any atom is 0.314 e. The first kappa shape index (κ1) is 57.0. The number of hydrogen-bond donors (Lipinski definition) is 0. The number of carbonyl (C=O) groups is 7. The summed E-state index contributed by atoms with van der Waals surface area (Å²) in [6.07, 6.45) is 7.06. The second kappa shape index (κ2) is 27.8. The number of ketones is 1. The molecule has 2 fully saturated rings. The van der Waals surface area contributed by atoms with Crippen molar-refractivity contribution in [3.8, 4) is 28.7 Å². The topological polar surface area (TPSA) is 203 Å². The molecule has 2 aliphatic rings. The van der Waals surface area contributed by atoms with Crippen LogP contribution in [0.3, 0.4) is 0 Å². The molecule has 5 aromatic rings. The second-order valence-corrected chi connectivity index (χ2v) is 18.4. The summed E-state index contributed by atoms with van der Waals surface area (Å²) in [5.41, 5.74) is 8.79. The molecule has 1 aromatic heterocycles. The Hall–Kier alpha value is -5.92. The predicted octanol–water partition coefficient (Wildman–Crippen LogP) is 10.8. The van der Waals surface area contributed by atoms with Gasteiger partial charge in [-0.05, 0) is 171 Å². The molecule has 72 heavy (non-hydrogen) atoms. The summed E-state index contributed by atoms with van der Waals surface area (Å²) in [4.78, 5) is 90.1. The summed E-state index contributed by atoms with van der Waals surface area (Å²) < 4.78 is 33.5. The summed E-state index contributed by atoms with van der Waals surface area (Å²) in [6, 6.07) is 27.2. The minimum absolute atomic E-state index is 0. The summed E-state index contributed by atoms with van der Waals surface area (Å²) in [5.74, 6) is -2.74. The van der Waals surface area contributed by atoms with Crippen molar-refractivity contribution in [1.82, 2.24) is 0 Å². The molecule has 0 radical (unpaired) electrons. The molecule has 15 nitrogen and oxygen atoms in total. The van der Waals surface area contributed by atoms with Gasteiger partial charge in [-0.15, -0.1) is 11.3 Å². The normalized spacial score (nSPS) is 17.2. The Kier molecular flexibility index (Phi) is 22.0. The van der Waals surface area contributed by atoms with Crippen LogP contribution >= 0.6 is 22.9 Å². The minimum atomic E-state index is -0.734. The van der Waals surface area contributed by atoms with Crippen molar-refractivity contribution in [3.63, 3.8) is 0 Å². The van der Waals surface area contributed by atoms with E-state index in [1.54, 1.807) is 72.8 Å². The molecule has 384 valence electrons. The van der Waals surface area contributed by atoms with Crippen LogP contribution in [0.25, 0.3) is 16.9 Å². The van der Waals surface area contributed by atoms with Crippen LogP contribution in [0.5, 0.6) is 28.7 Å². The van der Waals surface area contributed by atoms with Crippen LogP contribution in [0, 0.1) is 23.7 Å². The van der Waals surface area contributed by atoms with Gasteiger partial charge in [0.25, 0.3) is 0 Å². The molecule has 19 heteroatoms. The number of methoxy groups -OCH3 is 2. The number of carbonyl (C=O) groups excluding carboxylic acids is 7. The summed E-state index contributed by atoms with van der Waals surface area (Å²) in [5, 5.41) is 0. The Morgan fingerprint density at radius 2 is 1.00 bits per heavy atom. The van der Waals surface area contributed by atoms with E-state index < -0.39 is 35.6 Å². The molecule has 2 aliphatic carbocycles. The average molecular weight is 1380 g/mol. The van der Waals surface area contributed by atoms with Crippen LogP contribution in [0.2, 0.25) is 4.34 Å². The molecular weight excluding hydrogens is 1330 g/mol. The number of rotatable bonds is 17. The van der Waals surface area contributed by atoms with Gasteiger partial charge < -0.3 is 48.9 Å². The van der Waals surface area contributed by atoms with E-state index in [2.05, 4.69) is 10.9 Å². The van der Waals surface area contributed by atoms with E-state index in [0.717, 1.165) is 5.56 Å². The Labute approximate surface area is 454 Å². The maximum atomic E-state index is 13.3. The van der Waals surface area contributed by atoms with Crippen molar-refractivity contribution in [2.45, 2.75) is 57.8 Å². The molecule has 0 bridgehead atoms. The zero-order valence-electron chi connectivity index (χ0n) is 39.0. The van der Waals surface area contributed by atoms with E-state index >= 15 is 0 Å². The number of allylic oxidation sites excluding steroid dienone is 1. The van der Waals surface area contributed by atoms with Gasteiger partial charge in [0.1, 0.15) is 28.7 Å². The van der Waals surface area contributed by atoms with Crippen molar-refractivity contribution >= 4 is 70.5 Å². The monoisotopic (exact) mass is 1380 g/mol. The van der Waals surface area contributed by atoms with Gasteiger partial charge in [0.15, 0.2) is 5.78 Å². The van der Waals surface area contributed by atoms with Gasteiger partial charge in [-0.2, -0.15) is 0 Å². The van der Waals surface area contributed by atoms with Gasteiger partial charge in [-0.1, -0.05) is 23.7 Å². The van der Waals surface area contributed by atoms with Gasteiger partial charge in [0, 0.05) is 54.1 Å². The standard InChI is InChI=1S/C53H49ClN2O13S.2Pt/c1-64-40-20-13-33(14-21-40)48(58)55-56-49(59)34-15-22-42(23-16-34)68-52(62)36-7-5-35(6-8-36)50(60)66-30-29-32-3-18-41(19-4-32)67-51(61)37-9-11-38(12-10-37)53(63)69-45-26-24-43(65-2)31-39(45)17-25-44(57)46-27-28-47(54)70-46;;/h3-4,13-28,31,35-38H,5-12,29-30H2,1-2H3;;/q-2;;/b25-17+;;. The Morgan fingerprint density at radius 1 is 0.556 bits per heavy atom. The second-order valence-electron chi connectivity index (χ2n) is 16.7. The number of halogens is 1. The number of esters is 4. The third-order valence-electron chi connectivity index (χ3n) is 12.1. The van der Waals surface area contributed by atoms with Crippen LogP contribution in [0.15, 0.2) is 109 Å². The summed E-state index contributed by atoms with van der Waals surface area (Å²) in [6.45, 7) is 0.159. The fourth-order valence-corrected chi connectivity index (χ4v) is 8.97. The van der Waals surface area contributed by atoms with Crippen LogP contribution in [-0.4, -0.2) is 62.3 Å². The van der Waals surface area contributed by atoms with E-state index in [4.69, 9.17) is 40.0 Å². The van der Waals surface area contributed by atoms with Crippen molar-refractivity contribution in [2.75, 3.05) is 20.8 Å². The van der Waals surface area contributed by atoms with Crippen molar-refractivity contribution in [3.05, 3.63) is 152 Å². The number of nitrogens with zero attached hydrogens (tertiary/aromatic N) is 2. The first-order valence-corrected chi connectivity index (χ1v) is 23.9. The van der Waals surface area contributed by atoms with Crippen molar-refractivity contribution < 1.29 is 104 Å². The average Bonchev–Trinajstić information content (AvgIpc) is 3.84. The number of thiophene rings is 1. The Bertz CT molecular complexity index is 2720. The van der Waals surface area contributed by atoms with E-state index in [1.807, 2.05) is 0 Å². The van der Waals surface area contributed by atoms with E-state index in [1.165, 1.54) is 68.0 Å². The van der Waals surface area contributed by atoms with Gasteiger partial charge in [-0.3, -0.25) is 24.0 Å². The molecule has 2 amide bonds. The van der Waals surface area contributed by atoms with E-state index in [-0.39, 0.29) is 101 Å². The molecule has 0 saturated heterocycles. The first-order valence-electron chi connectivity index (χ1n) is 22.7. The molecule has 0 aliphatic heterocycles. The third-order valence-corrected chi connectivity index (χ3v) is 13.4. The third kappa shape index (κ3) is 16.0. The number of ether oxygens (including phenoxy) is 6. The smallest absolute Gasteiger partial charge is 0.314 e. The summed E-state index contributed by atoms with van der Waals surface area (Å²) in [7, 11) is 3.02. The fraction of sp³-hybridized carbons (Fsp3) is 0.302. The zero-order valence-corrected chi connectivity index (χ0v) is 45.1.